The highest BCUT2D eigenvalue weighted by atomic mass is 16.5. The van der Waals surface area contributed by atoms with Crippen molar-refractivity contribution >= 4 is 5.97 Å². The minimum atomic E-state index is -0.216. The first-order chi connectivity index (χ1) is 8.08. The lowest BCUT2D eigenvalue weighted by atomic mass is 10.0. The summed E-state index contributed by atoms with van der Waals surface area (Å²) in [6, 6.07) is 7.72. The Hall–Kier alpha value is -1.55. The Labute approximate surface area is 102 Å². The van der Waals surface area contributed by atoms with Gasteiger partial charge in [-0.15, -0.1) is 0 Å². The van der Waals surface area contributed by atoms with E-state index in [0.717, 1.165) is 11.3 Å². The second-order valence-corrected chi connectivity index (χ2v) is 4.04. The van der Waals surface area contributed by atoms with Gasteiger partial charge in [0.2, 0.25) is 0 Å². The van der Waals surface area contributed by atoms with Gasteiger partial charge in [0.25, 0.3) is 0 Å². The van der Waals surface area contributed by atoms with Gasteiger partial charge in [-0.1, -0.05) is 12.1 Å². The van der Waals surface area contributed by atoms with Crippen molar-refractivity contribution in [3.63, 3.8) is 0 Å². The molecule has 0 fully saturated rings. The number of esters is 1. The van der Waals surface area contributed by atoms with Crippen molar-refractivity contribution in [2.75, 3.05) is 28.3 Å². The first-order valence-electron chi connectivity index (χ1n) is 5.45. The van der Waals surface area contributed by atoms with Gasteiger partial charge in [-0.3, -0.25) is 4.79 Å². The molecular formula is C13H19NO3. The van der Waals surface area contributed by atoms with E-state index in [2.05, 4.69) is 0 Å². The molecule has 1 rings (SSSR count). The molecule has 0 saturated carbocycles. The van der Waals surface area contributed by atoms with E-state index in [1.165, 1.54) is 7.11 Å². The van der Waals surface area contributed by atoms with Crippen molar-refractivity contribution in [3.05, 3.63) is 29.8 Å². The predicted octanol–water partition coefficient (Wildman–Crippen LogP) is 1.86. The number of benzene rings is 1. The van der Waals surface area contributed by atoms with Crippen molar-refractivity contribution in [1.82, 2.24) is 4.90 Å². The Bertz CT molecular complexity index is 377. The summed E-state index contributed by atoms with van der Waals surface area (Å²) in [6.07, 6.45) is 0.330. The maximum Gasteiger partial charge on any atom is 0.307 e. The van der Waals surface area contributed by atoms with Crippen LogP contribution >= 0.6 is 0 Å². The number of hydrogen-bond donors (Lipinski definition) is 0. The number of carbonyl (C=O) groups is 1. The van der Waals surface area contributed by atoms with Gasteiger partial charge >= 0.3 is 5.97 Å². The third kappa shape index (κ3) is 3.75. The van der Waals surface area contributed by atoms with Gasteiger partial charge in [0, 0.05) is 6.04 Å². The maximum atomic E-state index is 11.4. The lowest BCUT2D eigenvalue weighted by Crippen LogP contribution is -2.23. The first-order valence-corrected chi connectivity index (χ1v) is 5.45. The van der Waals surface area contributed by atoms with Crippen LogP contribution in [0.3, 0.4) is 0 Å². The Balaban J connectivity index is 2.92. The van der Waals surface area contributed by atoms with E-state index in [1.807, 2.05) is 43.3 Å². The Morgan fingerprint density at radius 2 is 2.06 bits per heavy atom. The highest BCUT2D eigenvalue weighted by Gasteiger charge is 2.18. The molecule has 0 aromatic heterocycles. The second kappa shape index (κ2) is 6.25. The molecule has 1 aromatic rings. The number of ether oxygens (including phenoxy) is 2. The third-order valence-electron chi connectivity index (χ3n) is 2.69. The molecule has 0 aliphatic carbocycles. The highest BCUT2D eigenvalue weighted by Crippen LogP contribution is 2.25. The fraction of sp³-hybridized carbons (Fsp3) is 0.462. The molecule has 0 amide bonds. The van der Waals surface area contributed by atoms with Gasteiger partial charge < -0.3 is 14.4 Å². The third-order valence-corrected chi connectivity index (χ3v) is 2.69. The van der Waals surface area contributed by atoms with Gasteiger partial charge in [0.1, 0.15) is 5.75 Å². The molecule has 0 bridgehead atoms. The molecule has 4 heteroatoms. The molecule has 17 heavy (non-hydrogen) atoms. The van der Waals surface area contributed by atoms with Gasteiger partial charge in [0.05, 0.1) is 20.6 Å². The SMILES string of the molecule is COC(=O)CC(c1cccc(OC)c1)N(C)C. The van der Waals surface area contributed by atoms with E-state index >= 15 is 0 Å². The van der Waals surface area contributed by atoms with Crippen molar-refractivity contribution in [2.45, 2.75) is 12.5 Å². The zero-order valence-electron chi connectivity index (χ0n) is 10.8. The van der Waals surface area contributed by atoms with Crippen molar-refractivity contribution < 1.29 is 14.3 Å². The summed E-state index contributed by atoms with van der Waals surface area (Å²) in [5.41, 5.74) is 1.04. The van der Waals surface area contributed by atoms with E-state index < -0.39 is 0 Å². The number of hydrogen-bond acceptors (Lipinski definition) is 4. The fourth-order valence-electron chi connectivity index (χ4n) is 1.69. The Morgan fingerprint density at radius 1 is 1.35 bits per heavy atom. The predicted molar refractivity (Wildman–Crippen MR) is 66.1 cm³/mol. The number of methoxy groups -OCH3 is 2. The van der Waals surface area contributed by atoms with E-state index in [4.69, 9.17) is 9.47 Å². The quantitative estimate of drug-likeness (QED) is 0.733. The van der Waals surface area contributed by atoms with Crippen LogP contribution in [0.1, 0.15) is 18.0 Å². The van der Waals surface area contributed by atoms with E-state index in [1.54, 1.807) is 7.11 Å². The average molecular weight is 237 g/mol. The highest BCUT2D eigenvalue weighted by molar-refractivity contribution is 5.70. The lowest BCUT2D eigenvalue weighted by molar-refractivity contribution is -0.141. The number of nitrogens with zero attached hydrogens (tertiary/aromatic N) is 1. The largest absolute Gasteiger partial charge is 0.497 e. The minimum Gasteiger partial charge on any atom is -0.497 e. The molecular weight excluding hydrogens is 218 g/mol. The molecule has 0 N–H and O–H groups in total. The van der Waals surface area contributed by atoms with Crippen LogP contribution in [-0.2, 0) is 9.53 Å². The van der Waals surface area contributed by atoms with Gasteiger partial charge in [-0.2, -0.15) is 0 Å². The van der Waals surface area contributed by atoms with Crippen molar-refractivity contribution in [3.8, 4) is 5.75 Å². The van der Waals surface area contributed by atoms with E-state index in [0.29, 0.717) is 6.42 Å². The minimum absolute atomic E-state index is 0.00227. The molecule has 1 unspecified atom stereocenters. The van der Waals surface area contributed by atoms with Crippen molar-refractivity contribution in [1.29, 1.82) is 0 Å². The summed E-state index contributed by atoms with van der Waals surface area (Å²) in [6.45, 7) is 0. The summed E-state index contributed by atoms with van der Waals surface area (Å²) < 4.78 is 9.89. The smallest absolute Gasteiger partial charge is 0.307 e. The molecule has 1 atom stereocenters. The monoisotopic (exact) mass is 237 g/mol. The molecule has 0 radical (unpaired) electrons. The van der Waals surface area contributed by atoms with Crippen molar-refractivity contribution in [2.24, 2.45) is 0 Å². The normalized spacial score (nSPS) is 12.3. The molecule has 1 aromatic carbocycles. The van der Waals surface area contributed by atoms with E-state index in [9.17, 15) is 4.79 Å². The van der Waals surface area contributed by atoms with Crippen LogP contribution in [0.4, 0.5) is 0 Å². The summed E-state index contributed by atoms with van der Waals surface area (Å²) in [5, 5.41) is 0. The summed E-state index contributed by atoms with van der Waals surface area (Å²) in [7, 11) is 6.91. The summed E-state index contributed by atoms with van der Waals surface area (Å²) >= 11 is 0. The standard InChI is InChI=1S/C13H19NO3/c1-14(2)12(9-13(15)17-4)10-6-5-7-11(8-10)16-3/h5-8,12H,9H2,1-4H3. The Kier molecular flexibility index (Phi) is 4.97. The van der Waals surface area contributed by atoms with Crippen LogP contribution in [0.15, 0.2) is 24.3 Å². The lowest BCUT2D eigenvalue weighted by Gasteiger charge is -2.24. The van der Waals surface area contributed by atoms with Crippen LogP contribution in [-0.4, -0.2) is 39.2 Å². The van der Waals surface area contributed by atoms with Crippen LogP contribution in [0.5, 0.6) is 5.75 Å². The zero-order valence-corrected chi connectivity index (χ0v) is 10.8. The molecule has 0 aliphatic heterocycles. The molecule has 4 nitrogen and oxygen atoms in total. The number of carbonyl (C=O) groups excluding carboxylic acids is 1. The first kappa shape index (κ1) is 13.5. The van der Waals surface area contributed by atoms with Gasteiger partial charge in [-0.25, -0.2) is 0 Å². The second-order valence-electron chi connectivity index (χ2n) is 4.04. The molecule has 0 spiro atoms. The molecule has 0 saturated heterocycles. The Morgan fingerprint density at radius 3 is 2.59 bits per heavy atom. The van der Waals surface area contributed by atoms with Crippen LogP contribution in [0.25, 0.3) is 0 Å². The fourth-order valence-corrected chi connectivity index (χ4v) is 1.69. The topological polar surface area (TPSA) is 38.8 Å². The molecule has 0 heterocycles. The summed E-state index contributed by atoms with van der Waals surface area (Å²) in [4.78, 5) is 13.4. The van der Waals surface area contributed by atoms with Crippen LogP contribution < -0.4 is 4.74 Å². The van der Waals surface area contributed by atoms with E-state index in [-0.39, 0.29) is 12.0 Å². The van der Waals surface area contributed by atoms with Crippen LogP contribution in [0, 0.1) is 0 Å². The average Bonchev–Trinajstić information content (AvgIpc) is 2.35. The zero-order chi connectivity index (χ0) is 12.8. The summed E-state index contributed by atoms with van der Waals surface area (Å²) in [5.74, 6) is 0.575. The molecule has 0 aliphatic rings. The number of rotatable bonds is 5. The molecule has 94 valence electrons. The van der Waals surface area contributed by atoms with Gasteiger partial charge in [-0.05, 0) is 31.8 Å². The van der Waals surface area contributed by atoms with Crippen LogP contribution in [0.2, 0.25) is 0 Å². The van der Waals surface area contributed by atoms with Gasteiger partial charge in [0.15, 0.2) is 0 Å². The maximum absolute atomic E-state index is 11.4.